The molecule has 0 unspecified atom stereocenters. The lowest BCUT2D eigenvalue weighted by molar-refractivity contribution is -0.115. The highest BCUT2D eigenvalue weighted by molar-refractivity contribution is 7.89. The molecule has 5 rings (SSSR count). The van der Waals surface area contributed by atoms with Crippen LogP contribution in [-0.2, 0) is 47.2 Å². The molecule has 3 heterocycles. The number of fused-ring (bicyclic) bond motifs is 2. The predicted molar refractivity (Wildman–Crippen MR) is 183 cm³/mol. The first-order valence-corrected chi connectivity index (χ1v) is 18.1. The molecule has 48 heavy (non-hydrogen) atoms. The van der Waals surface area contributed by atoms with Gasteiger partial charge in [-0.1, -0.05) is 0 Å². The van der Waals surface area contributed by atoms with Crippen molar-refractivity contribution in [1.82, 2.24) is 19.3 Å². The van der Waals surface area contributed by atoms with Gasteiger partial charge in [0.05, 0.1) is 34.0 Å². The van der Waals surface area contributed by atoms with Gasteiger partial charge in [-0.3, -0.25) is 9.59 Å². The smallest absolute Gasteiger partial charge is 0.340 e. The Kier molecular flexibility index (Phi) is 11.3. The van der Waals surface area contributed by atoms with Crippen LogP contribution < -0.4 is 20.1 Å². The van der Waals surface area contributed by atoms with Gasteiger partial charge in [-0.05, 0) is 115 Å². The highest BCUT2D eigenvalue weighted by Gasteiger charge is 2.28. The normalized spacial score (nSPS) is 14.7. The van der Waals surface area contributed by atoms with Gasteiger partial charge in [0.2, 0.25) is 26.0 Å². The van der Waals surface area contributed by atoms with Gasteiger partial charge in [0, 0.05) is 28.3 Å². The average Bonchev–Trinajstić information content (AvgIpc) is 3.67. The minimum atomic E-state index is -3.67. The van der Waals surface area contributed by atoms with Crippen molar-refractivity contribution in [3.8, 4) is 0 Å². The summed E-state index contributed by atoms with van der Waals surface area (Å²) in [4.78, 5) is 42.0. The number of hydrogen-bond donors (Lipinski definition) is 5. The molecule has 2 amide bonds. The molecule has 0 fully saturated rings. The maximum atomic E-state index is 12.8. The van der Waals surface area contributed by atoms with Crippen LogP contribution in [0, 0.1) is 6.92 Å². The third-order valence-electron chi connectivity index (χ3n) is 7.76. The van der Waals surface area contributed by atoms with Gasteiger partial charge in [-0.25, -0.2) is 31.1 Å². The number of nitrogens with one attached hydrogen (secondary N) is 5. The molecule has 2 aliphatic rings. The maximum absolute atomic E-state index is 12.8. The molecule has 0 aliphatic carbocycles. The van der Waals surface area contributed by atoms with Crippen molar-refractivity contribution in [1.29, 1.82) is 0 Å². The molecule has 0 radical (unpaired) electrons. The number of esters is 1. The fourth-order valence-electron chi connectivity index (χ4n) is 5.37. The summed E-state index contributed by atoms with van der Waals surface area (Å²) in [5.74, 6) is -0.855. The van der Waals surface area contributed by atoms with Gasteiger partial charge in [0.25, 0.3) is 5.91 Å². The molecule has 5 N–H and O–H groups in total. The Labute approximate surface area is 280 Å². The Morgan fingerprint density at radius 1 is 0.958 bits per heavy atom. The number of aromatic nitrogens is 1. The highest BCUT2D eigenvalue weighted by atomic mass is 32.2. The zero-order chi connectivity index (χ0) is 35.4. The quantitative estimate of drug-likeness (QED) is 0.148. The van der Waals surface area contributed by atoms with Crippen LogP contribution in [-0.4, -0.2) is 85.8 Å². The molecule has 3 aromatic rings. The van der Waals surface area contributed by atoms with E-state index in [1.165, 1.54) is 38.4 Å². The van der Waals surface area contributed by atoms with Crippen molar-refractivity contribution in [3.05, 3.63) is 70.0 Å². The molecular formula is C32H40N6O8S2. The molecule has 0 saturated heterocycles. The summed E-state index contributed by atoms with van der Waals surface area (Å²) in [6.07, 6.45) is 3.33. The second-order valence-corrected chi connectivity index (χ2v) is 15.1. The van der Waals surface area contributed by atoms with Crippen LogP contribution in [0.2, 0.25) is 0 Å². The molecule has 2 aliphatic heterocycles. The summed E-state index contributed by atoms with van der Waals surface area (Å²) in [6, 6.07) is 9.07. The Bertz CT molecular complexity index is 2000. The molecule has 0 atom stereocenters. The Hall–Kier alpha value is -4.35. The van der Waals surface area contributed by atoms with E-state index in [0.29, 0.717) is 45.9 Å². The number of benzene rings is 2. The number of hydrogen-bond acceptors (Lipinski definition) is 9. The van der Waals surface area contributed by atoms with Crippen LogP contribution >= 0.6 is 0 Å². The molecule has 14 nitrogen and oxygen atoms in total. The van der Waals surface area contributed by atoms with Crippen LogP contribution in [0.5, 0.6) is 0 Å². The number of anilines is 2. The minimum Gasteiger partial charge on any atom is -0.462 e. The second kappa shape index (κ2) is 14.8. The first kappa shape index (κ1) is 36.5. The van der Waals surface area contributed by atoms with Crippen molar-refractivity contribution < 1.29 is 36.0 Å². The van der Waals surface area contributed by atoms with Crippen molar-refractivity contribution in [2.45, 2.75) is 42.9 Å². The van der Waals surface area contributed by atoms with E-state index in [1.807, 2.05) is 14.1 Å². The monoisotopic (exact) mass is 700 g/mol. The molecule has 16 heteroatoms. The first-order valence-electron chi connectivity index (χ1n) is 15.1. The fourth-order valence-corrected chi connectivity index (χ4v) is 6.90. The fraction of sp³-hybridized carbons (Fsp3) is 0.344. The topological polar surface area (TPSA) is 196 Å². The number of sulfonamides is 2. The van der Waals surface area contributed by atoms with Crippen LogP contribution in [0.25, 0.3) is 11.6 Å². The number of rotatable bonds is 11. The molecule has 0 saturated carbocycles. The predicted octanol–water partition coefficient (Wildman–Crippen LogP) is 2.48. The SMILES string of the molecule is CCOC(=O)c1c(C)[nH]c(C=C2C(=O)Nc3ccc(S(=O)(=O)NC)cc32)c1CCCN(C)C.CNS(=O)(=O)c1ccc2c(c1)CC(=O)N2. The molecule has 0 spiro atoms. The van der Waals surface area contributed by atoms with Gasteiger partial charge in [-0.15, -0.1) is 0 Å². The van der Waals surface area contributed by atoms with E-state index in [0.717, 1.165) is 24.1 Å². The maximum Gasteiger partial charge on any atom is 0.340 e. The van der Waals surface area contributed by atoms with E-state index in [9.17, 15) is 31.2 Å². The summed E-state index contributed by atoms with van der Waals surface area (Å²) in [7, 11) is -0.450. The summed E-state index contributed by atoms with van der Waals surface area (Å²) in [6.45, 7) is 4.64. The van der Waals surface area contributed by atoms with E-state index in [4.69, 9.17) is 4.74 Å². The summed E-state index contributed by atoms with van der Waals surface area (Å²) in [5, 5.41) is 5.41. The van der Waals surface area contributed by atoms with E-state index in [2.05, 4.69) is 30.0 Å². The highest BCUT2D eigenvalue weighted by Crippen LogP contribution is 2.36. The molecule has 258 valence electrons. The van der Waals surface area contributed by atoms with Gasteiger partial charge in [0.1, 0.15) is 0 Å². The summed E-state index contributed by atoms with van der Waals surface area (Å²) in [5.41, 5.74) is 5.30. The Morgan fingerprint density at radius 3 is 2.19 bits per heavy atom. The molecule has 1 aromatic heterocycles. The average molecular weight is 701 g/mol. The molecular weight excluding hydrogens is 661 g/mol. The van der Waals surface area contributed by atoms with E-state index in [-0.39, 0.29) is 34.6 Å². The van der Waals surface area contributed by atoms with Crippen LogP contribution in [0.15, 0.2) is 46.2 Å². The number of nitrogens with zero attached hydrogens (tertiary/aromatic N) is 1. The van der Waals surface area contributed by atoms with Gasteiger partial charge in [-0.2, -0.15) is 0 Å². The largest absolute Gasteiger partial charge is 0.462 e. The second-order valence-electron chi connectivity index (χ2n) is 11.3. The standard InChI is InChI=1S/C23H30N4O5S.C9H10N2O3S/c1-6-32-23(29)21-14(2)25-20(16(21)8-7-11-27(4)5)13-18-17-12-15(33(30,31)24-3)9-10-19(17)26-22(18)28;1-10-15(13,14)7-2-3-8-6(4-7)5-9(12)11-8/h9-10,12-13,24-25H,6-8,11H2,1-5H3,(H,26,28);2-4,10H,5H2,1H3,(H,11,12). The van der Waals surface area contributed by atoms with Crippen molar-refractivity contribution >= 4 is 60.9 Å². The lowest BCUT2D eigenvalue weighted by Gasteiger charge is -2.11. The third-order valence-corrected chi connectivity index (χ3v) is 10.6. The number of H-pyrrole nitrogens is 1. The first-order chi connectivity index (χ1) is 22.6. The lowest BCUT2D eigenvalue weighted by atomic mass is 10.00. The third kappa shape index (κ3) is 8.02. The van der Waals surface area contributed by atoms with Crippen molar-refractivity contribution in [3.63, 3.8) is 0 Å². The lowest BCUT2D eigenvalue weighted by Crippen LogP contribution is -2.18. The minimum absolute atomic E-state index is 0.0623. The molecule has 2 aromatic carbocycles. The Balaban J connectivity index is 0.000000287. The number of amides is 2. The number of carbonyl (C=O) groups excluding carboxylic acids is 3. The summed E-state index contributed by atoms with van der Waals surface area (Å²) >= 11 is 0. The summed E-state index contributed by atoms with van der Waals surface area (Å²) < 4.78 is 57.2. The van der Waals surface area contributed by atoms with E-state index in [1.54, 1.807) is 32.1 Å². The van der Waals surface area contributed by atoms with Crippen LogP contribution in [0.1, 0.15) is 51.8 Å². The van der Waals surface area contributed by atoms with Gasteiger partial charge < -0.3 is 25.3 Å². The zero-order valence-electron chi connectivity index (χ0n) is 27.6. The van der Waals surface area contributed by atoms with Crippen molar-refractivity contribution in [2.24, 2.45) is 0 Å². The van der Waals surface area contributed by atoms with Crippen LogP contribution in [0.3, 0.4) is 0 Å². The van der Waals surface area contributed by atoms with Crippen molar-refractivity contribution in [2.75, 3.05) is 52.0 Å². The zero-order valence-corrected chi connectivity index (χ0v) is 29.2. The van der Waals surface area contributed by atoms with Crippen LogP contribution in [0.4, 0.5) is 11.4 Å². The van der Waals surface area contributed by atoms with E-state index >= 15 is 0 Å². The van der Waals surface area contributed by atoms with Gasteiger partial charge >= 0.3 is 5.97 Å². The number of aromatic amines is 1. The number of ether oxygens (including phenoxy) is 1. The van der Waals surface area contributed by atoms with E-state index < -0.39 is 26.0 Å². The Morgan fingerprint density at radius 2 is 1.58 bits per heavy atom. The number of aryl methyl sites for hydroxylation is 1. The number of carbonyl (C=O) groups is 3. The molecule has 0 bridgehead atoms. The van der Waals surface area contributed by atoms with Gasteiger partial charge in [0.15, 0.2) is 0 Å².